The summed E-state index contributed by atoms with van der Waals surface area (Å²) in [5.74, 6) is 0. The van der Waals surface area contributed by atoms with Gasteiger partial charge in [-0.25, -0.2) is 0 Å². The standard InChI is InChI=1S/C8H15F3Si/c1-5-7(12(2,3)4)6-8(9,10)11/h5,7H,1,6H2,2-4H3. The Morgan fingerprint density at radius 2 is 1.75 bits per heavy atom. The minimum Gasteiger partial charge on any atom is -0.171 e. The second-order valence-corrected chi connectivity index (χ2v) is 9.50. The summed E-state index contributed by atoms with van der Waals surface area (Å²) in [6, 6.07) is 0. The first-order chi connectivity index (χ1) is 5.17. The highest BCUT2D eigenvalue weighted by molar-refractivity contribution is 6.78. The van der Waals surface area contributed by atoms with Crippen LogP contribution in [-0.2, 0) is 0 Å². The van der Waals surface area contributed by atoms with Gasteiger partial charge in [0.15, 0.2) is 0 Å². The third-order valence-corrected chi connectivity index (χ3v) is 4.51. The van der Waals surface area contributed by atoms with Gasteiger partial charge in [-0.3, -0.25) is 0 Å². The molecule has 0 bridgehead atoms. The molecule has 0 N–H and O–H groups in total. The fraction of sp³-hybridized carbons (Fsp3) is 0.750. The van der Waals surface area contributed by atoms with Crippen LogP contribution in [0.2, 0.25) is 25.2 Å². The van der Waals surface area contributed by atoms with Gasteiger partial charge in [0, 0.05) is 6.42 Å². The van der Waals surface area contributed by atoms with E-state index >= 15 is 0 Å². The lowest BCUT2D eigenvalue weighted by Gasteiger charge is -2.26. The fourth-order valence-corrected chi connectivity index (χ4v) is 2.54. The van der Waals surface area contributed by atoms with Crippen molar-refractivity contribution in [2.24, 2.45) is 0 Å². The first-order valence-electron chi connectivity index (χ1n) is 3.86. The van der Waals surface area contributed by atoms with E-state index in [-0.39, 0.29) is 5.54 Å². The summed E-state index contributed by atoms with van der Waals surface area (Å²) >= 11 is 0. The number of hydrogen-bond acceptors (Lipinski definition) is 0. The van der Waals surface area contributed by atoms with Crippen LogP contribution in [-0.4, -0.2) is 14.3 Å². The fourth-order valence-electron chi connectivity index (χ4n) is 0.992. The van der Waals surface area contributed by atoms with Gasteiger partial charge in [-0.15, -0.1) is 6.58 Å². The number of rotatable bonds is 3. The zero-order valence-corrected chi connectivity index (χ0v) is 8.70. The van der Waals surface area contributed by atoms with Gasteiger partial charge in [-0.2, -0.15) is 13.2 Å². The normalized spacial score (nSPS) is 15.8. The summed E-state index contributed by atoms with van der Waals surface area (Å²) in [4.78, 5) is 0. The van der Waals surface area contributed by atoms with Gasteiger partial charge >= 0.3 is 6.18 Å². The van der Waals surface area contributed by atoms with Gasteiger partial charge in [0.25, 0.3) is 0 Å². The summed E-state index contributed by atoms with van der Waals surface area (Å²) < 4.78 is 36.0. The lowest BCUT2D eigenvalue weighted by Crippen LogP contribution is -2.30. The molecule has 0 aliphatic carbocycles. The minimum atomic E-state index is -4.06. The van der Waals surface area contributed by atoms with E-state index in [4.69, 9.17) is 0 Å². The van der Waals surface area contributed by atoms with E-state index in [2.05, 4.69) is 6.58 Å². The van der Waals surface area contributed by atoms with Gasteiger partial charge in [-0.05, 0) is 5.54 Å². The molecule has 12 heavy (non-hydrogen) atoms. The van der Waals surface area contributed by atoms with E-state index in [0.717, 1.165) is 0 Å². The van der Waals surface area contributed by atoms with Crippen LogP contribution in [0.4, 0.5) is 13.2 Å². The van der Waals surface area contributed by atoms with E-state index in [1.165, 1.54) is 6.08 Å². The smallest absolute Gasteiger partial charge is 0.171 e. The van der Waals surface area contributed by atoms with Crippen LogP contribution in [0.1, 0.15) is 6.42 Å². The number of allylic oxidation sites excluding steroid dienone is 1. The van der Waals surface area contributed by atoms with Crippen LogP contribution >= 0.6 is 0 Å². The molecule has 0 saturated carbocycles. The molecule has 4 heteroatoms. The molecule has 0 aliphatic rings. The zero-order valence-electron chi connectivity index (χ0n) is 7.70. The molecule has 0 rings (SSSR count). The van der Waals surface area contributed by atoms with Crippen LogP contribution in [0.5, 0.6) is 0 Å². The molecule has 72 valence electrons. The average molecular weight is 196 g/mol. The minimum absolute atomic E-state index is 0.363. The Balaban J connectivity index is 4.30. The summed E-state index contributed by atoms with van der Waals surface area (Å²) in [7, 11) is -1.73. The van der Waals surface area contributed by atoms with Gasteiger partial charge in [0.1, 0.15) is 0 Å². The maximum absolute atomic E-state index is 12.0. The highest BCUT2D eigenvalue weighted by Gasteiger charge is 2.36. The summed E-state index contributed by atoms with van der Waals surface area (Å²) in [5.41, 5.74) is -0.363. The molecule has 0 saturated heterocycles. The van der Waals surface area contributed by atoms with Crippen LogP contribution in [0.25, 0.3) is 0 Å². The molecular formula is C8H15F3Si. The Labute approximate surface area is 72.5 Å². The molecule has 1 atom stereocenters. The van der Waals surface area contributed by atoms with Crippen molar-refractivity contribution >= 4 is 8.07 Å². The average Bonchev–Trinajstić information content (AvgIpc) is 1.78. The van der Waals surface area contributed by atoms with Crippen molar-refractivity contribution in [3.05, 3.63) is 12.7 Å². The molecular weight excluding hydrogens is 181 g/mol. The van der Waals surface area contributed by atoms with Crippen molar-refractivity contribution in [2.75, 3.05) is 0 Å². The molecule has 0 amide bonds. The van der Waals surface area contributed by atoms with Crippen LogP contribution in [0, 0.1) is 0 Å². The van der Waals surface area contributed by atoms with Crippen LogP contribution in [0.3, 0.4) is 0 Å². The Hall–Kier alpha value is -0.253. The van der Waals surface area contributed by atoms with Gasteiger partial charge in [-0.1, -0.05) is 25.7 Å². The molecule has 0 heterocycles. The molecule has 0 aliphatic heterocycles. The van der Waals surface area contributed by atoms with Gasteiger partial charge in [0.2, 0.25) is 0 Å². The van der Waals surface area contributed by atoms with Crippen LogP contribution in [0.15, 0.2) is 12.7 Å². The molecule has 1 unspecified atom stereocenters. The monoisotopic (exact) mass is 196 g/mol. The number of hydrogen-bond donors (Lipinski definition) is 0. The lowest BCUT2D eigenvalue weighted by atomic mass is 10.3. The van der Waals surface area contributed by atoms with Crippen molar-refractivity contribution < 1.29 is 13.2 Å². The van der Waals surface area contributed by atoms with E-state index in [9.17, 15) is 13.2 Å². The Bertz CT molecular complexity index is 155. The van der Waals surface area contributed by atoms with Gasteiger partial charge in [0.05, 0.1) is 8.07 Å². The molecule has 0 spiro atoms. The molecule has 0 aromatic heterocycles. The Kier molecular flexibility index (Phi) is 3.56. The highest BCUT2D eigenvalue weighted by atomic mass is 28.3. The SMILES string of the molecule is C=CC(CC(F)(F)F)[Si](C)(C)C. The van der Waals surface area contributed by atoms with Crippen molar-refractivity contribution in [3.8, 4) is 0 Å². The van der Waals surface area contributed by atoms with E-state index in [0.29, 0.717) is 0 Å². The highest BCUT2D eigenvalue weighted by Crippen LogP contribution is 2.35. The Morgan fingerprint density at radius 3 is 1.83 bits per heavy atom. The largest absolute Gasteiger partial charge is 0.389 e. The third-order valence-electron chi connectivity index (χ3n) is 1.85. The summed E-state index contributed by atoms with van der Waals surface area (Å²) in [5, 5.41) is 0. The molecule has 0 aromatic carbocycles. The first kappa shape index (κ1) is 11.7. The van der Waals surface area contributed by atoms with Crippen molar-refractivity contribution in [1.82, 2.24) is 0 Å². The second kappa shape index (κ2) is 3.64. The maximum Gasteiger partial charge on any atom is 0.389 e. The molecule has 0 nitrogen and oxygen atoms in total. The van der Waals surface area contributed by atoms with Crippen molar-refractivity contribution in [1.29, 1.82) is 0 Å². The van der Waals surface area contributed by atoms with E-state index in [1.807, 2.05) is 19.6 Å². The Morgan fingerprint density at radius 1 is 1.33 bits per heavy atom. The van der Waals surface area contributed by atoms with Crippen LogP contribution < -0.4 is 0 Å². The van der Waals surface area contributed by atoms with E-state index < -0.39 is 20.7 Å². The van der Waals surface area contributed by atoms with Crippen molar-refractivity contribution in [2.45, 2.75) is 37.8 Å². The second-order valence-electron chi connectivity index (χ2n) is 4.03. The van der Waals surface area contributed by atoms with Crippen molar-refractivity contribution in [3.63, 3.8) is 0 Å². The number of halogens is 3. The molecule has 0 radical (unpaired) electrons. The lowest BCUT2D eigenvalue weighted by molar-refractivity contribution is -0.133. The molecule has 0 fully saturated rings. The zero-order chi connectivity index (χ0) is 9.99. The maximum atomic E-state index is 12.0. The van der Waals surface area contributed by atoms with Gasteiger partial charge < -0.3 is 0 Å². The summed E-state index contributed by atoms with van der Waals surface area (Å²) in [6.07, 6.45) is -3.33. The summed E-state index contributed by atoms with van der Waals surface area (Å²) in [6.45, 7) is 9.21. The van der Waals surface area contributed by atoms with E-state index in [1.54, 1.807) is 0 Å². The quantitative estimate of drug-likeness (QED) is 0.475. The topological polar surface area (TPSA) is 0 Å². The molecule has 0 aromatic rings. The predicted molar refractivity (Wildman–Crippen MR) is 48.0 cm³/mol. The number of alkyl halides is 3. The third kappa shape index (κ3) is 4.59. The predicted octanol–water partition coefficient (Wildman–Crippen LogP) is 3.83. The first-order valence-corrected chi connectivity index (χ1v) is 7.44.